The van der Waals surface area contributed by atoms with E-state index in [0.717, 1.165) is 12.8 Å². The van der Waals surface area contributed by atoms with Crippen LogP contribution in [0.2, 0.25) is 0 Å². The molecule has 2 rings (SSSR count). The minimum atomic E-state index is -3.41. The molecule has 0 amide bonds. The van der Waals surface area contributed by atoms with Gasteiger partial charge in [0.15, 0.2) is 5.03 Å². The second kappa shape index (κ2) is 4.96. The van der Waals surface area contributed by atoms with E-state index in [1.165, 1.54) is 16.8 Å². The Morgan fingerprint density at radius 1 is 1.47 bits per heavy atom. The molecule has 96 valence electrons. The molecule has 5 nitrogen and oxygen atoms in total. The van der Waals surface area contributed by atoms with Crippen LogP contribution in [0.15, 0.2) is 17.6 Å². The molecule has 1 aliphatic rings. The molecule has 0 bridgehead atoms. The summed E-state index contributed by atoms with van der Waals surface area (Å²) < 4.78 is 27.6. The lowest BCUT2D eigenvalue weighted by Gasteiger charge is -2.29. The third kappa shape index (κ3) is 2.64. The number of sulfonamides is 1. The van der Waals surface area contributed by atoms with Crippen LogP contribution in [-0.2, 0) is 17.1 Å². The highest BCUT2D eigenvalue weighted by atomic mass is 35.5. The van der Waals surface area contributed by atoms with Crippen molar-refractivity contribution in [3.05, 3.63) is 12.5 Å². The molecule has 0 saturated carbocycles. The van der Waals surface area contributed by atoms with Gasteiger partial charge >= 0.3 is 0 Å². The molecule has 0 aliphatic carbocycles. The standard InChI is InChI=1S/C10H16ClN3O2S/c1-13-7-10(12-8-13)17(15,16)14-4-2-9(6-11)3-5-14/h7-9H,2-6H2,1H3. The number of alkyl halides is 1. The summed E-state index contributed by atoms with van der Waals surface area (Å²) in [4.78, 5) is 3.91. The van der Waals surface area contributed by atoms with E-state index < -0.39 is 10.0 Å². The van der Waals surface area contributed by atoms with Gasteiger partial charge in [-0.1, -0.05) is 0 Å². The molecular formula is C10H16ClN3O2S. The third-order valence-electron chi connectivity index (χ3n) is 3.08. The maximum atomic E-state index is 12.2. The topological polar surface area (TPSA) is 55.2 Å². The summed E-state index contributed by atoms with van der Waals surface area (Å²) in [6.07, 6.45) is 4.69. The predicted octanol–water partition coefficient (Wildman–Crippen LogP) is 1.06. The van der Waals surface area contributed by atoms with E-state index in [4.69, 9.17) is 11.6 Å². The first kappa shape index (κ1) is 12.9. The van der Waals surface area contributed by atoms with Gasteiger partial charge in [-0.3, -0.25) is 0 Å². The van der Waals surface area contributed by atoms with Gasteiger partial charge in [0.2, 0.25) is 0 Å². The summed E-state index contributed by atoms with van der Waals surface area (Å²) >= 11 is 5.78. The SMILES string of the molecule is Cn1cnc(S(=O)(=O)N2CCC(CCl)CC2)c1. The Hall–Kier alpha value is -0.590. The Balaban J connectivity index is 2.12. The molecule has 0 spiro atoms. The van der Waals surface area contributed by atoms with E-state index in [2.05, 4.69) is 4.98 Å². The van der Waals surface area contributed by atoms with Crippen LogP contribution in [0.3, 0.4) is 0 Å². The van der Waals surface area contributed by atoms with Crippen LogP contribution in [0.25, 0.3) is 0 Å². The first-order valence-corrected chi connectivity index (χ1v) is 7.55. The Labute approximate surface area is 106 Å². The highest BCUT2D eigenvalue weighted by molar-refractivity contribution is 7.89. The molecule has 2 heterocycles. The molecule has 17 heavy (non-hydrogen) atoms. The van der Waals surface area contributed by atoms with Crippen LogP contribution in [0.5, 0.6) is 0 Å². The lowest BCUT2D eigenvalue weighted by Crippen LogP contribution is -2.38. The van der Waals surface area contributed by atoms with Crippen molar-refractivity contribution in [2.24, 2.45) is 13.0 Å². The van der Waals surface area contributed by atoms with Crippen molar-refractivity contribution in [1.29, 1.82) is 0 Å². The van der Waals surface area contributed by atoms with Gasteiger partial charge in [-0.2, -0.15) is 4.31 Å². The summed E-state index contributed by atoms with van der Waals surface area (Å²) in [5.74, 6) is 1.05. The zero-order valence-corrected chi connectivity index (χ0v) is 11.3. The third-order valence-corrected chi connectivity index (χ3v) is 5.30. The molecule has 1 aliphatic heterocycles. The average molecular weight is 278 g/mol. The number of hydrogen-bond acceptors (Lipinski definition) is 3. The predicted molar refractivity (Wildman–Crippen MR) is 65.4 cm³/mol. The van der Waals surface area contributed by atoms with Gasteiger partial charge in [0.25, 0.3) is 10.0 Å². The van der Waals surface area contributed by atoms with Crippen molar-refractivity contribution < 1.29 is 8.42 Å². The van der Waals surface area contributed by atoms with Crippen molar-refractivity contribution in [3.8, 4) is 0 Å². The Morgan fingerprint density at radius 3 is 2.59 bits per heavy atom. The summed E-state index contributed by atoms with van der Waals surface area (Å²) in [6.45, 7) is 1.08. The molecule has 7 heteroatoms. The largest absolute Gasteiger partial charge is 0.339 e. The van der Waals surface area contributed by atoms with Gasteiger partial charge in [-0.15, -0.1) is 11.6 Å². The zero-order valence-electron chi connectivity index (χ0n) is 9.71. The molecule has 0 radical (unpaired) electrons. The number of imidazole rings is 1. The van der Waals surface area contributed by atoms with Gasteiger partial charge in [0, 0.05) is 32.2 Å². The van der Waals surface area contributed by atoms with Gasteiger partial charge < -0.3 is 4.57 Å². The number of hydrogen-bond donors (Lipinski definition) is 0. The first-order valence-electron chi connectivity index (χ1n) is 5.58. The summed E-state index contributed by atoms with van der Waals surface area (Å²) in [5.41, 5.74) is 0. The molecule has 0 aromatic carbocycles. The van der Waals surface area contributed by atoms with Crippen molar-refractivity contribution in [1.82, 2.24) is 13.9 Å². The number of halogens is 1. The lowest BCUT2D eigenvalue weighted by molar-refractivity contribution is 0.289. The van der Waals surface area contributed by atoms with E-state index in [1.807, 2.05) is 0 Å². The fourth-order valence-corrected chi connectivity index (χ4v) is 3.70. The zero-order chi connectivity index (χ0) is 12.5. The Morgan fingerprint density at radius 2 is 2.12 bits per heavy atom. The van der Waals surface area contributed by atoms with Crippen LogP contribution in [0, 0.1) is 5.92 Å². The quantitative estimate of drug-likeness (QED) is 0.777. The number of rotatable bonds is 3. The van der Waals surface area contributed by atoms with Gasteiger partial charge in [-0.25, -0.2) is 13.4 Å². The number of piperidine rings is 1. The second-order valence-corrected chi connectivity index (χ2v) is 6.57. The van der Waals surface area contributed by atoms with Gasteiger partial charge in [0.05, 0.1) is 6.33 Å². The minimum absolute atomic E-state index is 0.129. The van der Waals surface area contributed by atoms with Crippen LogP contribution >= 0.6 is 11.6 Å². The Bertz CT molecular complexity index is 477. The summed E-state index contributed by atoms with van der Waals surface area (Å²) in [6, 6.07) is 0. The van der Waals surface area contributed by atoms with E-state index in [9.17, 15) is 8.42 Å². The first-order chi connectivity index (χ1) is 8.04. The minimum Gasteiger partial charge on any atom is -0.339 e. The fourth-order valence-electron chi connectivity index (χ4n) is 1.96. The number of aromatic nitrogens is 2. The van der Waals surface area contributed by atoms with Crippen LogP contribution in [-0.4, -0.2) is 41.2 Å². The highest BCUT2D eigenvalue weighted by Crippen LogP contribution is 2.23. The van der Waals surface area contributed by atoms with Gasteiger partial charge in [0.1, 0.15) is 0 Å². The monoisotopic (exact) mass is 277 g/mol. The maximum absolute atomic E-state index is 12.2. The van der Waals surface area contributed by atoms with Crippen LogP contribution in [0.4, 0.5) is 0 Å². The summed E-state index contributed by atoms with van der Waals surface area (Å²) in [5, 5.41) is 0.129. The number of aryl methyl sites for hydroxylation is 1. The average Bonchev–Trinajstić information content (AvgIpc) is 2.77. The normalized spacial score (nSPS) is 19.6. The molecule has 1 saturated heterocycles. The maximum Gasteiger partial charge on any atom is 0.262 e. The molecular weight excluding hydrogens is 262 g/mol. The van der Waals surface area contributed by atoms with E-state index >= 15 is 0 Å². The van der Waals surface area contributed by atoms with Crippen molar-refractivity contribution in [2.75, 3.05) is 19.0 Å². The lowest BCUT2D eigenvalue weighted by atomic mass is 10.0. The smallest absolute Gasteiger partial charge is 0.262 e. The Kier molecular flexibility index (Phi) is 3.75. The van der Waals surface area contributed by atoms with E-state index in [1.54, 1.807) is 11.6 Å². The molecule has 1 aromatic rings. The fraction of sp³-hybridized carbons (Fsp3) is 0.700. The number of nitrogens with zero attached hydrogens (tertiary/aromatic N) is 3. The van der Waals surface area contributed by atoms with Gasteiger partial charge in [-0.05, 0) is 18.8 Å². The molecule has 0 unspecified atom stereocenters. The van der Waals surface area contributed by atoms with Crippen LogP contribution in [0.1, 0.15) is 12.8 Å². The van der Waals surface area contributed by atoms with E-state index in [-0.39, 0.29) is 5.03 Å². The second-order valence-electron chi connectivity index (χ2n) is 4.38. The van der Waals surface area contributed by atoms with E-state index in [0.29, 0.717) is 24.9 Å². The van der Waals surface area contributed by atoms with Crippen molar-refractivity contribution in [3.63, 3.8) is 0 Å². The molecule has 0 atom stereocenters. The highest BCUT2D eigenvalue weighted by Gasteiger charge is 2.30. The summed E-state index contributed by atoms with van der Waals surface area (Å²) in [7, 11) is -1.66. The molecule has 0 N–H and O–H groups in total. The molecule has 1 fully saturated rings. The molecule has 1 aromatic heterocycles. The van der Waals surface area contributed by atoms with Crippen molar-refractivity contribution in [2.45, 2.75) is 17.9 Å². The van der Waals surface area contributed by atoms with Crippen molar-refractivity contribution >= 4 is 21.6 Å². The van der Waals surface area contributed by atoms with Crippen LogP contribution < -0.4 is 0 Å².